The zero-order valence-corrected chi connectivity index (χ0v) is 18.2. The van der Waals surface area contributed by atoms with Crippen LogP contribution in [0.5, 0.6) is 0 Å². The van der Waals surface area contributed by atoms with Gasteiger partial charge in [0.2, 0.25) is 5.91 Å². The van der Waals surface area contributed by atoms with Crippen LogP contribution in [0, 0.1) is 6.92 Å². The zero-order chi connectivity index (χ0) is 19.9. The average molecular weight is 351 g/mol. The van der Waals surface area contributed by atoms with E-state index >= 15 is 0 Å². The van der Waals surface area contributed by atoms with E-state index in [1.165, 1.54) is 17.5 Å². The zero-order valence-electron chi connectivity index (χ0n) is 18.2. The highest BCUT2D eigenvalue weighted by Gasteiger charge is 2.34. The summed E-state index contributed by atoms with van der Waals surface area (Å²) in [4.78, 5) is 13.9. The fourth-order valence-electron chi connectivity index (χ4n) is 2.93. The maximum absolute atomic E-state index is 11.7. The van der Waals surface area contributed by atoms with Crippen molar-refractivity contribution in [2.75, 3.05) is 20.6 Å². The van der Waals surface area contributed by atoms with E-state index in [0.717, 1.165) is 19.3 Å². The molecule has 3 nitrogen and oxygen atoms in total. The summed E-state index contributed by atoms with van der Waals surface area (Å²) in [5, 5.41) is 2.71. The number of nitrogens with one attached hydrogen (secondary N) is 1. The second kappa shape index (κ2) is 14.9. The van der Waals surface area contributed by atoms with Crippen molar-refractivity contribution in [3.63, 3.8) is 0 Å². The standard InChI is InChI=1S/C17H28N2O.C3H8.C2H6/c1-6-12-17(7-2,19(5)13-16(20)18-4)15-10-8-14(3)9-11-15;1-3-2;1-2/h8-11H,6-7,12-13H2,1-5H3,(H,18,20);3H2,1-2H3;1-2H3. The summed E-state index contributed by atoms with van der Waals surface area (Å²) < 4.78 is 0. The molecule has 1 atom stereocenters. The molecule has 1 aromatic rings. The molecule has 0 spiro atoms. The van der Waals surface area contributed by atoms with Crippen molar-refractivity contribution in [2.45, 2.75) is 79.7 Å². The van der Waals surface area contributed by atoms with Gasteiger partial charge in [-0.15, -0.1) is 0 Å². The third-order valence-corrected chi connectivity index (χ3v) is 4.23. The summed E-state index contributed by atoms with van der Waals surface area (Å²) in [6.07, 6.45) is 4.40. The quantitative estimate of drug-likeness (QED) is 0.702. The van der Waals surface area contributed by atoms with Crippen molar-refractivity contribution in [1.82, 2.24) is 10.2 Å². The highest BCUT2D eigenvalue weighted by atomic mass is 16.1. The van der Waals surface area contributed by atoms with Gasteiger partial charge in [-0.1, -0.05) is 84.2 Å². The van der Waals surface area contributed by atoms with Gasteiger partial charge in [0.1, 0.15) is 0 Å². The third-order valence-electron chi connectivity index (χ3n) is 4.23. The van der Waals surface area contributed by atoms with Crippen LogP contribution in [0.15, 0.2) is 24.3 Å². The normalized spacial score (nSPS) is 12.2. The highest BCUT2D eigenvalue weighted by molar-refractivity contribution is 5.77. The molecule has 1 N–H and O–H groups in total. The molecular weight excluding hydrogens is 308 g/mol. The number of amides is 1. The van der Waals surface area contributed by atoms with Crippen molar-refractivity contribution >= 4 is 5.91 Å². The highest BCUT2D eigenvalue weighted by Crippen LogP contribution is 2.35. The lowest BCUT2D eigenvalue weighted by Gasteiger charge is -2.42. The number of rotatable bonds is 7. The fourth-order valence-corrected chi connectivity index (χ4v) is 2.93. The number of nitrogens with zero attached hydrogens (tertiary/aromatic N) is 1. The Morgan fingerprint density at radius 3 is 1.92 bits per heavy atom. The van der Waals surface area contributed by atoms with Gasteiger partial charge < -0.3 is 5.32 Å². The molecule has 1 unspecified atom stereocenters. The predicted octanol–water partition coefficient (Wildman–Crippen LogP) is 5.52. The maximum Gasteiger partial charge on any atom is 0.233 e. The lowest BCUT2D eigenvalue weighted by molar-refractivity contribution is -0.123. The van der Waals surface area contributed by atoms with Gasteiger partial charge in [0.05, 0.1) is 6.54 Å². The van der Waals surface area contributed by atoms with E-state index in [9.17, 15) is 4.79 Å². The minimum Gasteiger partial charge on any atom is -0.358 e. The molecule has 0 radical (unpaired) electrons. The maximum atomic E-state index is 11.7. The Morgan fingerprint density at radius 1 is 1.08 bits per heavy atom. The summed E-state index contributed by atoms with van der Waals surface area (Å²) in [7, 11) is 3.74. The molecule has 0 aromatic heterocycles. The molecule has 146 valence electrons. The molecule has 1 rings (SSSR count). The topological polar surface area (TPSA) is 32.3 Å². The first kappa shape index (κ1) is 25.9. The summed E-state index contributed by atoms with van der Waals surface area (Å²) in [6, 6.07) is 8.72. The number of likely N-dealkylation sites (N-methyl/N-ethyl adjacent to an activating group) is 2. The van der Waals surface area contributed by atoms with Crippen molar-refractivity contribution in [1.29, 1.82) is 0 Å². The molecule has 0 bridgehead atoms. The SMILES string of the molecule is CC.CCC.CCCC(CC)(c1ccc(C)cc1)N(C)CC(=O)NC. The predicted molar refractivity (Wildman–Crippen MR) is 112 cm³/mol. The van der Waals surface area contributed by atoms with Crippen LogP contribution in [-0.4, -0.2) is 31.4 Å². The molecule has 0 fully saturated rings. The lowest BCUT2D eigenvalue weighted by Crippen LogP contribution is -2.47. The molecule has 3 heteroatoms. The largest absolute Gasteiger partial charge is 0.358 e. The van der Waals surface area contributed by atoms with Gasteiger partial charge in [0.15, 0.2) is 0 Å². The molecular formula is C22H42N2O. The van der Waals surface area contributed by atoms with Gasteiger partial charge in [-0.2, -0.15) is 0 Å². The van der Waals surface area contributed by atoms with Crippen molar-refractivity contribution in [2.24, 2.45) is 0 Å². The third kappa shape index (κ3) is 8.53. The molecule has 0 heterocycles. The summed E-state index contributed by atoms with van der Waals surface area (Å²) in [5.41, 5.74) is 2.51. The second-order valence-corrected chi connectivity index (χ2v) is 6.24. The van der Waals surface area contributed by atoms with Gasteiger partial charge >= 0.3 is 0 Å². The molecule has 0 aliphatic carbocycles. The molecule has 0 saturated carbocycles. The smallest absolute Gasteiger partial charge is 0.233 e. The average Bonchev–Trinajstić information content (AvgIpc) is 2.62. The Kier molecular flexibility index (Phi) is 15.5. The first-order valence-corrected chi connectivity index (χ1v) is 9.90. The van der Waals surface area contributed by atoms with E-state index in [2.05, 4.69) is 69.1 Å². The number of carbonyl (C=O) groups excluding carboxylic acids is 1. The summed E-state index contributed by atoms with van der Waals surface area (Å²) >= 11 is 0. The number of aryl methyl sites for hydroxylation is 1. The molecule has 1 aromatic carbocycles. The fraction of sp³-hybridized carbons (Fsp3) is 0.682. The van der Waals surface area contributed by atoms with Crippen LogP contribution >= 0.6 is 0 Å². The van der Waals surface area contributed by atoms with Crippen LogP contribution in [0.3, 0.4) is 0 Å². The van der Waals surface area contributed by atoms with Crippen molar-refractivity contribution in [3.8, 4) is 0 Å². The Morgan fingerprint density at radius 2 is 1.56 bits per heavy atom. The van der Waals surface area contributed by atoms with Gasteiger partial charge in [0, 0.05) is 12.6 Å². The van der Waals surface area contributed by atoms with Crippen LogP contribution < -0.4 is 5.32 Å². The number of hydrogen-bond donors (Lipinski definition) is 1. The second-order valence-electron chi connectivity index (χ2n) is 6.24. The monoisotopic (exact) mass is 350 g/mol. The first-order chi connectivity index (χ1) is 11.9. The van der Waals surface area contributed by atoms with Crippen LogP contribution in [0.4, 0.5) is 0 Å². The molecule has 1 amide bonds. The number of carbonyl (C=O) groups is 1. The van der Waals surface area contributed by atoms with Crippen LogP contribution in [0.2, 0.25) is 0 Å². The Labute approximate surface area is 157 Å². The Hall–Kier alpha value is -1.35. The lowest BCUT2D eigenvalue weighted by atomic mass is 9.81. The van der Waals surface area contributed by atoms with Gasteiger partial charge in [0.25, 0.3) is 0 Å². The van der Waals surface area contributed by atoms with Crippen molar-refractivity contribution < 1.29 is 4.79 Å². The van der Waals surface area contributed by atoms with Gasteiger partial charge in [-0.3, -0.25) is 9.69 Å². The van der Waals surface area contributed by atoms with Crippen LogP contribution in [-0.2, 0) is 10.3 Å². The Bertz CT molecular complexity index is 442. The van der Waals surface area contributed by atoms with E-state index in [1.54, 1.807) is 7.05 Å². The first-order valence-electron chi connectivity index (χ1n) is 9.90. The molecule has 25 heavy (non-hydrogen) atoms. The van der Waals surface area contributed by atoms with E-state index in [4.69, 9.17) is 0 Å². The summed E-state index contributed by atoms with van der Waals surface area (Å²) in [6.45, 7) is 15.2. The molecule has 0 aliphatic rings. The van der Waals surface area contributed by atoms with Gasteiger partial charge in [-0.25, -0.2) is 0 Å². The number of hydrogen-bond acceptors (Lipinski definition) is 2. The molecule has 0 aliphatic heterocycles. The van der Waals surface area contributed by atoms with Gasteiger partial charge in [-0.05, 0) is 32.4 Å². The van der Waals surface area contributed by atoms with E-state index < -0.39 is 0 Å². The minimum atomic E-state index is -0.0606. The van der Waals surface area contributed by atoms with Crippen LogP contribution in [0.25, 0.3) is 0 Å². The van der Waals surface area contributed by atoms with E-state index in [-0.39, 0.29) is 11.4 Å². The summed E-state index contributed by atoms with van der Waals surface area (Å²) in [5.74, 6) is 0.0635. The van der Waals surface area contributed by atoms with Crippen LogP contribution in [0.1, 0.15) is 78.4 Å². The minimum absolute atomic E-state index is 0.0606. The molecule has 0 saturated heterocycles. The van der Waals surface area contributed by atoms with E-state index in [1.807, 2.05) is 20.9 Å². The van der Waals surface area contributed by atoms with Crippen molar-refractivity contribution in [3.05, 3.63) is 35.4 Å². The Balaban J connectivity index is 0. The van der Waals surface area contributed by atoms with E-state index in [0.29, 0.717) is 6.54 Å². The number of benzene rings is 1.